The number of nitro benzene ring substituents is 2. The van der Waals surface area contributed by atoms with Crippen LogP contribution in [0.25, 0.3) is 0 Å². The summed E-state index contributed by atoms with van der Waals surface area (Å²) in [5, 5.41) is 29.8. The van der Waals surface area contributed by atoms with Crippen molar-refractivity contribution in [1.29, 1.82) is 0 Å². The van der Waals surface area contributed by atoms with Gasteiger partial charge in [-0.15, -0.1) is 0 Å². The number of amides is 1. The van der Waals surface area contributed by atoms with E-state index in [0.717, 1.165) is 11.1 Å². The Labute approximate surface area is 221 Å². The molecule has 0 unspecified atom stereocenters. The summed E-state index contributed by atoms with van der Waals surface area (Å²) in [7, 11) is 1.50. The van der Waals surface area contributed by atoms with Crippen molar-refractivity contribution in [2.45, 2.75) is 13.2 Å². The normalized spacial score (nSPS) is 10.8. The summed E-state index contributed by atoms with van der Waals surface area (Å²) in [5.74, 6) is 0.393. The van der Waals surface area contributed by atoms with E-state index in [1.54, 1.807) is 48.7 Å². The van der Waals surface area contributed by atoms with Gasteiger partial charge < -0.3 is 9.47 Å². The summed E-state index contributed by atoms with van der Waals surface area (Å²) in [6, 6.07) is 18.7. The smallest absolute Gasteiger partial charge is 0.291 e. The molecule has 0 aliphatic heterocycles. The highest BCUT2D eigenvalue weighted by Crippen LogP contribution is 2.28. The van der Waals surface area contributed by atoms with Crippen molar-refractivity contribution in [1.82, 2.24) is 15.2 Å². The minimum atomic E-state index is -0.517. The number of carbonyl (C=O) groups is 1. The second-order valence-corrected chi connectivity index (χ2v) is 8.14. The number of non-ortho nitro benzene ring substituents is 2. The Balaban J connectivity index is 1.34. The van der Waals surface area contributed by atoms with E-state index >= 15 is 0 Å². The fourth-order valence-electron chi connectivity index (χ4n) is 3.47. The molecule has 1 amide bonds. The molecule has 1 N–H and O–H groups in total. The molecule has 0 saturated carbocycles. The number of hydrazone groups is 1. The number of hydrogen-bond acceptors (Lipinski definition) is 9. The molecule has 4 aromatic rings. The van der Waals surface area contributed by atoms with Gasteiger partial charge in [0.25, 0.3) is 17.3 Å². The van der Waals surface area contributed by atoms with E-state index in [4.69, 9.17) is 9.47 Å². The Morgan fingerprint density at radius 1 is 0.949 bits per heavy atom. The fourth-order valence-corrected chi connectivity index (χ4v) is 3.47. The molecule has 0 atom stereocenters. The molecule has 0 radical (unpaired) electrons. The highest BCUT2D eigenvalue weighted by Gasteiger charge is 2.11. The minimum Gasteiger partial charge on any atom is -0.493 e. The molecule has 0 aliphatic carbocycles. The summed E-state index contributed by atoms with van der Waals surface area (Å²) in [6.07, 6.45) is 3.06. The third-order valence-corrected chi connectivity index (χ3v) is 5.47. The maximum atomic E-state index is 12.5. The van der Waals surface area contributed by atoms with E-state index in [1.807, 2.05) is 0 Å². The molecular weight excluding hydrogens is 508 g/mol. The van der Waals surface area contributed by atoms with Crippen LogP contribution in [0.5, 0.6) is 11.5 Å². The average molecular weight is 530 g/mol. The third kappa shape index (κ3) is 7.01. The van der Waals surface area contributed by atoms with Crippen LogP contribution in [0.3, 0.4) is 0 Å². The Bertz CT molecular complexity index is 1510. The lowest BCUT2D eigenvalue weighted by atomic mass is 10.2. The van der Waals surface area contributed by atoms with Gasteiger partial charge in [0.05, 0.1) is 29.7 Å². The van der Waals surface area contributed by atoms with Crippen LogP contribution >= 0.6 is 0 Å². The minimum absolute atomic E-state index is 0.00261. The maximum absolute atomic E-state index is 12.5. The standard InChI is InChI=1S/C26H22N6O7/c1-38-24-11-6-20(14-25(24)39-17-19-4-9-22(10-5-19)32(36)37)15-27-28-26(33)23-12-13-30(29-23)16-18-2-7-21(8-3-18)31(34)35/h2-15H,16-17H2,1H3,(H,28,33)/b27-15+. The molecule has 0 aliphatic rings. The summed E-state index contributed by atoms with van der Waals surface area (Å²) < 4.78 is 12.7. The Morgan fingerprint density at radius 3 is 2.21 bits per heavy atom. The SMILES string of the molecule is COc1ccc(/C=N/NC(=O)c2ccn(Cc3ccc([N+](=O)[O-])cc3)n2)cc1OCc1ccc([N+](=O)[O-])cc1. The molecule has 198 valence electrons. The average Bonchev–Trinajstić information content (AvgIpc) is 3.41. The number of nitrogens with one attached hydrogen (secondary N) is 1. The van der Waals surface area contributed by atoms with Gasteiger partial charge >= 0.3 is 0 Å². The topological polar surface area (TPSA) is 164 Å². The number of aromatic nitrogens is 2. The second kappa shape index (κ2) is 12.1. The van der Waals surface area contributed by atoms with Crippen molar-refractivity contribution in [2.75, 3.05) is 7.11 Å². The van der Waals surface area contributed by atoms with Gasteiger partial charge in [-0.2, -0.15) is 10.2 Å². The zero-order valence-corrected chi connectivity index (χ0v) is 20.6. The van der Waals surface area contributed by atoms with Gasteiger partial charge in [-0.05, 0) is 53.1 Å². The molecule has 0 fully saturated rings. The van der Waals surface area contributed by atoms with E-state index in [-0.39, 0.29) is 23.7 Å². The Kier molecular flexibility index (Phi) is 8.21. The lowest BCUT2D eigenvalue weighted by Crippen LogP contribution is -2.18. The number of rotatable bonds is 11. The van der Waals surface area contributed by atoms with Crippen LogP contribution in [0.15, 0.2) is 84.1 Å². The largest absolute Gasteiger partial charge is 0.493 e. The Hall–Kier alpha value is -5.59. The molecule has 4 rings (SSSR count). The first-order valence-electron chi connectivity index (χ1n) is 11.5. The molecule has 0 saturated heterocycles. The lowest BCUT2D eigenvalue weighted by molar-refractivity contribution is -0.385. The predicted molar refractivity (Wildman–Crippen MR) is 140 cm³/mol. The number of hydrogen-bond donors (Lipinski definition) is 1. The fraction of sp³-hybridized carbons (Fsp3) is 0.115. The molecule has 1 aromatic heterocycles. The van der Waals surface area contributed by atoms with Gasteiger partial charge in [0.15, 0.2) is 17.2 Å². The monoisotopic (exact) mass is 530 g/mol. The molecule has 0 bridgehead atoms. The zero-order valence-electron chi connectivity index (χ0n) is 20.6. The van der Waals surface area contributed by atoms with Crippen LogP contribution in [0.4, 0.5) is 11.4 Å². The highest BCUT2D eigenvalue weighted by molar-refractivity contribution is 5.93. The Morgan fingerprint density at radius 2 is 1.59 bits per heavy atom. The van der Waals surface area contributed by atoms with E-state index in [2.05, 4.69) is 15.6 Å². The number of ether oxygens (including phenoxy) is 2. The molecule has 1 heterocycles. The van der Waals surface area contributed by atoms with Gasteiger partial charge in [0.1, 0.15) is 6.61 Å². The van der Waals surface area contributed by atoms with Crippen molar-refractivity contribution < 1.29 is 24.1 Å². The van der Waals surface area contributed by atoms with Crippen molar-refractivity contribution in [3.05, 3.63) is 122 Å². The van der Waals surface area contributed by atoms with Crippen molar-refractivity contribution in [3.63, 3.8) is 0 Å². The van der Waals surface area contributed by atoms with Crippen molar-refractivity contribution in [2.24, 2.45) is 5.10 Å². The quantitative estimate of drug-likeness (QED) is 0.172. The van der Waals surface area contributed by atoms with E-state index in [1.165, 1.54) is 48.3 Å². The van der Waals surface area contributed by atoms with Crippen LogP contribution in [-0.2, 0) is 13.2 Å². The van der Waals surface area contributed by atoms with Crippen molar-refractivity contribution >= 4 is 23.5 Å². The molecule has 13 nitrogen and oxygen atoms in total. The number of methoxy groups -OCH3 is 1. The van der Waals surface area contributed by atoms with E-state index in [0.29, 0.717) is 23.6 Å². The summed E-state index contributed by atoms with van der Waals surface area (Å²) >= 11 is 0. The zero-order chi connectivity index (χ0) is 27.8. The molecule has 3 aromatic carbocycles. The molecule has 0 spiro atoms. The first-order chi connectivity index (χ1) is 18.8. The van der Waals surface area contributed by atoms with Gasteiger partial charge in [-0.1, -0.05) is 12.1 Å². The number of nitrogens with zero attached hydrogens (tertiary/aromatic N) is 5. The van der Waals surface area contributed by atoms with Crippen LogP contribution in [0, 0.1) is 20.2 Å². The van der Waals surface area contributed by atoms with Crippen LogP contribution < -0.4 is 14.9 Å². The lowest BCUT2D eigenvalue weighted by Gasteiger charge is -2.11. The molecule has 39 heavy (non-hydrogen) atoms. The molecular formula is C26H22N6O7. The summed E-state index contributed by atoms with van der Waals surface area (Å²) in [5.41, 5.74) is 4.71. The molecule has 13 heteroatoms. The van der Waals surface area contributed by atoms with Crippen LogP contribution in [0.2, 0.25) is 0 Å². The van der Waals surface area contributed by atoms with Gasteiger partial charge in [0.2, 0.25) is 0 Å². The maximum Gasteiger partial charge on any atom is 0.291 e. The second-order valence-electron chi connectivity index (χ2n) is 8.14. The van der Waals surface area contributed by atoms with Gasteiger partial charge in [-0.25, -0.2) is 5.43 Å². The first kappa shape index (κ1) is 26.5. The van der Waals surface area contributed by atoms with Crippen LogP contribution in [0.1, 0.15) is 27.2 Å². The van der Waals surface area contributed by atoms with Gasteiger partial charge in [-0.3, -0.25) is 29.7 Å². The van der Waals surface area contributed by atoms with E-state index in [9.17, 15) is 25.0 Å². The van der Waals surface area contributed by atoms with Crippen LogP contribution in [-0.4, -0.2) is 38.9 Å². The van der Waals surface area contributed by atoms with Gasteiger partial charge in [0, 0.05) is 30.5 Å². The van der Waals surface area contributed by atoms with E-state index < -0.39 is 15.8 Å². The summed E-state index contributed by atoms with van der Waals surface area (Å²) in [6.45, 7) is 0.497. The predicted octanol–water partition coefficient (Wildman–Crippen LogP) is 4.10. The highest BCUT2D eigenvalue weighted by atomic mass is 16.6. The summed E-state index contributed by atoms with van der Waals surface area (Å²) in [4.78, 5) is 33.1. The number of carbonyl (C=O) groups excluding carboxylic acids is 1. The van der Waals surface area contributed by atoms with Crippen molar-refractivity contribution in [3.8, 4) is 11.5 Å². The third-order valence-electron chi connectivity index (χ3n) is 5.47. The number of nitro groups is 2. The number of benzene rings is 3. The first-order valence-corrected chi connectivity index (χ1v) is 11.5.